The lowest BCUT2D eigenvalue weighted by Crippen LogP contribution is -2.21. The van der Waals surface area contributed by atoms with E-state index in [1.807, 2.05) is 0 Å². The first-order valence-corrected chi connectivity index (χ1v) is 7.02. The number of carbonyl (C=O) groups is 2. The average molecular weight is 314 g/mol. The molecule has 2 amide bonds. The normalized spacial score (nSPS) is 9.83. The largest absolute Gasteiger partial charge is 0.497 e. The number of benzene rings is 2. The maximum Gasteiger partial charge on any atom is 0.262 e. The van der Waals surface area contributed by atoms with E-state index in [1.54, 1.807) is 55.6 Å². The van der Waals surface area contributed by atoms with Gasteiger partial charge >= 0.3 is 0 Å². The van der Waals surface area contributed by atoms with Crippen molar-refractivity contribution < 1.29 is 19.1 Å². The summed E-state index contributed by atoms with van der Waals surface area (Å²) >= 11 is 0. The summed E-state index contributed by atoms with van der Waals surface area (Å²) in [7, 11) is 1.58. The number of hydrogen-bond acceptors (Lipinski definition) is 4. The van der Waals surface area contributed by atoms with Gasteiger partial charge < -0.3 is 20.1 Å². The molecule has 120 valence electrons. The van der Waals surface area contributed by atoms with Crippen molar-refractivity contribution in [1.29, 1.82) is 0 Å². The van der Waals surface area contributed by atoms with Gasteiger partial charge in [-0.05, 0) is 36.4 Å². The molecule has 0 saturated carbocycles. The summed E-state index contributed by atoms with van der Waals surface area (Å²) in [5.74, 6) is 0.752. The number of nitrogens with one attached hydrogen (secondary N) is 2. The van der Waals surface area contributed by atoms with Gasteiger partial charge in [-0.3, -0.25) is 9.59 Å². The van der Waals surface area contributed by atoms with Crippen LogP contribution >= 0.6 is 0 Å². The quantitative estimate of drug-likeness (QED) is 0.859. The number of carbonyl (C=O) groups excluding carboxylic acids is 2. The molecule has 2 N–H and O–H groups in total. The van der Waals surface area contributed by atoms with Gasteiger partial charge in [0.25, 0.3) is 5.91 Å². The number of methoxy groups -OCH3 is 1. The summed E-state index contributed by atoms with van der Waals surface area (Å²) in [6.07, 6.45) is 0. The topological polar surface area (TPSA) is 76.7 Å². The van der Waals surface area contributed by atoms with E-state index < -0.39 is 0 Å². The second-order valence-corrected chi connectivity index (χ2v) is 4.74. The average Bonchev–Trinajstić information content (AvgIpc) is 2.55. The molecule has 0 atom stereocenters. The molecule has 23 heavy (non-hydrogen) atoms. The Morgan fingerprint density at radius 2 is 1.48 bits per heavy atom. The van der Waals surface area contributed by atoms with Crippen LogP contribution in [0.5, 0.6) is 11.5 Å². The molecule has 0 radical (unpaired) electrons. The highest BCUT2D eigenvalue weighted by Crippen LogP contribution is 2.21. The van der Waals surface area contributed by atoms with Gasteiger partial charge in [0.1, 0.15) is 11.5 Å². The number of anilines is 2. The van der Waals surface area contributed by atoms with Crippen LogP contribution in [-0.2, 0) is 9.59 Å². The van der Waals surface area contributed by atoms with Gasteiger partial charge in [0.15, 0.2) is 6.61 Å². The van der Waals surface area contributed by atoms with Crippen LogP contribution < -0.4 is 20.1 Å². The molecule has 0 bridgehead atoms. The zero-order valence-corrected chi connectivity index (χ0v) is 13.0. The fraction of sp³-hybridized carbons (Fsp3) is 0.176. The van der Waals surface area contributed by atoms with Crippen LogP contribution in [0.3, 0.4) is 0 Å². The first kappa shape index (κ1) is 16.4. The minimum atomic E-state index is -0.321. The van der Waals surface area contributed by atoms with Crippen molar-refractivity contribution in [3.63, 3.8) is 0 Å². The predicted octanol–water partition coefficient (Wildman–Crippen LogP) is 2.67. The molecule has 0 saturated heterocycles. The molecule has 0 unspecified atom stereocenters. The maximum atomic E-state index is 12.0. The predicted molar refractivity (Wildman–Crippen MR) is 87.9 cm³/mol. The molecule has 0 aromatic heterocycles. The fourth-order valence-electron chi connectivity index (χ4n) is 1.90. The number of amides is 2. The minimum absolute atomic E-state index is 0.138. The van der Waals surface area contributed by atoms with E-state index in [2.05, 4.69) is 10.6 Å². The number of ether oxygens (including phenoxy) is 2. The lowest BCUT2D eigenvalue weighted by atomic mass is 10.2. The van der Waals surface area contributed by atoms with Crippen LogP contribution in [0, 0.1) is 0 Å². The van der Waals surface area contributed by atoms with E-state index in [0.29, 0.717) is 22.9 Å². The van der Waals surface area contributed by atoms with E-state index in [9.17, 15) is 9.59 Å². The minimum Gasteiger partial charge on any atom is -0.497 e. The smallest absolute Gasteiger partial charge is 0.262 e. The Labute approximate surface area is 134 Å². The van der Waals surface area contributed by atoms with Crippen LogP contribution in [0.1, 0.15) is 6.92 Å². The first-order valence-electron chi connectivity index (χ1n) is 7.02. The Hall–Kier alpha value is -3.02. The Morgan fingerprint density at radius 3 is 2.04 bits per heavy atom. The maximum absolute atomic E-state index is 12.0. The van der Waals surface area contributed by atoms with E-state index >= 15 is 0 Å². The third-order valence-electron chi connectivity index (χ3n) is 2.94. The molecule has 6 heteroatoms. The molecule has 0 aliphatic rings. The highest BCUT2D eigenvalue weighted by atomic mass is 16.5. The van der Waals surface area contributed by atoms with E-state index in [4.69, 9.17) is 9.47 Å². The van der Waals surface area contributed by atoms with Gasteiger partial charge in [0.05, 0.1) is 18.5 Å². The molecule has 0 spiro atoms. The summed E-state index contributed by atoms with van der Waals surface area (Å²) in [5, 5.41) is 5.36. The summed E-state index contributed by atoms with van der Waals surface area (Å²) in [5.41, 5.74) is 1.06. The van der Waals surface area contributed by atoms with Crippen LogP contribution in [-0.4, -0.2) is 25.5 Å². The summed E-state index contributed by atoms with van der Waals surface area (Å²) in [4.78, 5) is 23.1. The van der Waals surface area contributed by atoms with E-state index in [-0.39, 0.29) is 18.4 Å². The Bertz CT molecular complexity index is 683. The summed E-state index contributed by atoms with van der Waals surface area (Å²) in [6.45, 7) is 1.27. The van der Waals surface area contributed by atoms with Crippen molar-refractivity contribution in [2.45, 2.75) is 6.92 Å². The van der Waals surface area contributed by atoms with Crippen molar-refractivity contribution in [3.8, 4) is 11.5 Å². The molecule has 0 heterocycles. The van der Waals surface area contributed by atoms with Gasteiger partial charge in [0.2, 0.25) is 5.91 Å². The first-order chi connectivity index (χ1) is 11.1. The molecule has 6 nitrogen and oxygen atoms in total. The Morgan fingerprint density at radius 1 is 0.913 bits per heavy atom. The molecule has 2 rings (SSSR count). The Kier molecular flexibility index (Phi) is 5.57. The summed E-state index contributed by atoms with van der Waals surface area (Å²) < 4.78 is 10.5. The highest BCUT2D eigenvalue weighted by Gasteiger charge is 2.08. The highest BCUT2D eigenvalue weighted by molar-refractivity contribution is 5.99. The number of para-hydroxylation sites is 2. The Balaban J connectivity index is 1.93. The second kappa shape index (κ2) is 7.84. The molecule has 0 aliphatic carbocycles. The van der Waals surface area contributed by atoms with Crippen LogP contribution in [0.15, 0.2) is 48.5 Å². The van der Waals surface area contributed by atoms with Gasteiger partial charge in [-0.25, -0.2) is 0 Å². The fourth-order valence-corrected chi connectivity index (χ4v) is 1.90. The van der Waals surface area contributed by atoms with Gasteiger partial charge in [-0.15, -0.1) is 0 Å². The zero-order chi connectivity index (χ0) is 16.7. The van der Waals surface area contributed by atoms with Crippen LogP contribution in [0.25, 0.3) is 0 Å². The molecule has 2 aromatic rings. The molecule has 0 fully saturated rings. The van der Waals surface area contributed by atoms with Crippen LogP contribution in [0.4, 0.5) is 11.4 Å². The van der Waals surface area contributed by atoms with Gasteiger partial charge in [-0.1, -0.05) is 12.1 Å². The monoisotopic (exact) mass is 314 g/mol. The standard InChI is InChI=1S/C17H18N2O4/c1-12(20)18-15-5-3-4-6-16(15)19-17(21)11-23-14-9-7-13(22-2)8-10-14/h3-10H,11H2,1-2H3,(H,18,20)(H,19,21). The number of hydrogen-bond donors (Lipinski definition) is 2. The van der Waals surface area contributed by atoms with Crippen molar-refractivity contribution >= 4 is 23.2 Å². The van der Waals surface area contributed by atoms with Crippen molar-refractivity contribution in [3.05, 3.63) is 48.5 Å². The lowest BCUT2D eigenvalue weighted by molar-refractivity contribution is -0.118. The van der Waals surface area contributed by atoms with Crippen LogP contribution in [0.2, 0.25) is 0 Å². The molecular formula is C17H18N2O4. The van der Waals surface area contributed by atoms with E-state index in [1.165, 1.54) is 6.92 Å². The van der Waals surface area contributed by atoms with Crippen molar-refractivity contribution in [2.75, 3.05) is 24.4 Å². The second-order valence-electron chi connectivity index (χ2n) is 4.74. The lowest BCUT2D eigenvalue weighted by Gasteiger charge is -2.12. The van der Waals surface area contributed by atoms with Gasteiger partial charge in [0, 0.05) is 6.92 Å². The number of rotatable bonds is 6. The molecule has 2 aromatic carbocycles. The molecular weight excluding hydrogens is 296 g/mol. The summed E-state index contributed by atoms with van der Waals surface area (Å²) in [6, 6.07) is 13.9. The third kappa shape index (κ3) is 5.03. The zero-order valence-electron chi connectivity index (χ0n) is 13.0. The van der Waals surface area contributed by atoms with E-state index in [0.717, 1.165) is 0 Å². The molecule has 0 aliphatic heterocycles. The van der Waals surface area contributed by atoms with Crippen molar-refractivity contribution in [2.24, 2.45) is 0 Å². The van der Waals surface area contributed by atoms with Crippen molar-refractivity contribution in [1.82, 2.24) is 0 Å². The SMILES string of the molecule is COc1ccc(OCC(=O)Nc2ccccc2NC(C)=O)cc1. The third-order valence-corrected chi connectivity index (χ3v) is 2.94. The van der Waals surface area contributed by atoms with Gasteiger partial charge in [-0.2, -0.15) is 0 Å².